The molecule has 13 heavy (non-hydrogen) atoms. The molecule has 5 heteroatoms. The SMILES string of the molecule is CC1C(=O)NCC2CNCC(=O)N21. The molecule has 0 spiro atoms. The van der Waals surface area contributed by atoms with Crippen LogP contribution in [-0.2, 0) is 9.59 Å². The van der Waals surface area contributed by atoms with E-state index >= 15 is 0 Å². The molecule has 0 radical (unpaired) electrons. The first-order chi connectivity index (χ1) is 6.20. The van der Waals surface area contributed by atoms with Gasteiger partial charge in [0.1, 0.15) is 6.04 Å². The van der Waals surface area contributed by atoms with Crippen LogP contribution < -0.4 is 10.6 Å². The highest BCUT2D eigenvalue weighted by Gasteiger charge is 2.38. The Kier molecular flexibility index (Phi) is 1.95. The van der Waals surface area contributed by atoms with Gasteiger partial charge in [-0.2, -0.15) is 0 Å². The van der Waals surface area contributed by atoms with Crippen molar-refractivity contribution in [3.63, 3.8) is 0 Å². The second-order valence-corrected chi connectivity index (χ2v) is 3.51. The van der Waals surface area contributed by atoms with Crippen molar-refractivity contribution in [1.29, 1.82) is 0 Å². The van der Waals surface area contributed by atoms with Crippen molar-refractivity contribution in [2.45, 2.75) is 19.0 Å². The number of piperazine rings is 2. The number of nitrogens with one attached hydrogen (secondary N) is 2. The van der Waals surface area contributed by atoms with Crippen molar-refractivity contribution in [3.8, 4) is 0 Å². The van der Waals surface area contributed by atoms with Crippen molar-refractivity contribution < 1.29 is 9.59 Å². The van der Waals surface area contributed by atoms with E-state index in [-0.39, 0.29) is 23.9 Å². The lowest BCUT2D eigenvalue weighted by Gasteiger charge is -2.43. The molecular formula is C8H13N3O2. The molecule has 2 rings (SSSR count). The molecule has 2 saturated heterocycles. The van der Waals surface area contributed by atoms with Gasteiger partial charge in [0.25, 0.3) is 0 Å². The lowest BCUT2D eigenvalue weighted by atomic mass is 10.1. The summed E-state index contributed by atoms with van der Waals surface area (Å²) in [6, 6.07) is -0.178. The average Bonchev–Trinajstić information content (AvgIpc) is 2.12. The van der Waals surface area contributed by atoms with E-state index in [2.05, 4.69) is 10.6 Å². The van der Waals surface area contributed by atoms with Gasteiger partial charge >= 0.3 is 0 Å². The highest BCUT2D eigenvalue weighted by molar-refractivity contribution is 5.90. The number of hydrogen-bond acceptors (Lipinski definition) is 3. The molecule has 72 valence electrons. The van der Waals surface area contributed by atoms with Crippen LogP contribution in [0.15, 0.2) is 0 Å². The minimum atomic E-state index is -0.312. The second kappa shape index (κ2) is 2.99. The molecular weight excluding hydrogens is 170 g/mol. The highest BCUT2D eigenvalue weighted by atomic mass is 16.2. The third-order valence-corrected chi connectivity index (χ3v) is 2.65. The Labute approximate surface area is 76.5 Å². The molecule has 2 unspecified atom stereocenters. The largest absolute Gasteiger partial charge is 0.352 e. The molecule has 0 bridgehead atoms. The first-order valence-electron chi connectivity index (χ1n) is 4.49. The van der Waals surface area contributed by atoms with Crippen LogP contribution >= 0.6 is 0 Å². The summed E-state index contributed by atoms with van der Waals surface area (Å²) in [5, 5.41) is 5.81. The molecule has 2 amide bonds. The van der Waals surface area contributed by atoms with Crippen molar-refractivity contribution >= 4 is 11.8 Å². The van der Waals surface area contributed by atoms with Crippen LogP contribution in [0.1, 0.15) is 6.92 Å². The van der Waals surface area contributed by atoms with E-state index in [1.165, 1.54) is 0 Å². The summed E-state index contributed by atoms with van der Waals surface area (Å²) in [5.41, 5.74) is 0. The summed E-state index contributed by atoms with van der Waals surface area (Å²) >= 11 is 0. The van der Waals surface area contributed by atoms with Gasteiger partial charge in [-0.1, -0.05) is 0 Å². The molecule has 0 aliphatic carbocycles. The Hall–Kier alpha value is -1.10. The minimum Gasteiger partial charge on any atom is -0.352 e. The summed E-state index contributed by atoms with van der Waals surface area (Å²) in [5.74, 6) is -0.0231. The van der Waals surface area contributed by atoms with Crippen molar-refractivity contribution in [2.75, 3.05) is 19.6 Å². The van der Waals surface area contributed by atoms with Crippen LogP contribution in [0.3, 0.4) is 0 Å². The maximum Gasteiger partial charge on any atom is 0.242 e. The average molecular weight is 183 g/mol. The van der Waals surface area contributed by atoms with Crippen LogP contribution in [0.25, 0.3) is 0 Å². The van der Waals surface area contributed by atoms with Crippen LogP contribution in [-0.4, -0.2) is 48.4 Å². The third kappa shape index (κ3) is 1.29. The maximum atomic E-state index is 11.5. The van der Waals surface area contributed by atoms with Crippen molar-refractivity contribution in [3.05, 3.63) is 0 Å². The lowest BCUT2D eigenvalue weighted by Crippen LogP contribution is -2.67. The van der Waals surface area contributed by atoms with Crippen LogP contribution in [0.2, 0.25) is 0 Å². The summed E-state index contributed by atoms with van der Waals surface area (Å²) < 4.78 is 0. The van der Waals surface area contributed by atoms with E-state index in [9.17, 15) is 9.59 Å². The topological polar surface area (TPSA) is 61.4 Å². The van der Waals surface area contributed by atoms with Gasteiger partial charge in [-0.3, -0.25) is 9.59 Å². The Morgan fingerprint density at radius 3 is 2.92 bits per heavy atom. The Morgan fingerprint density at radius 1 is 1.38 bits per heavy atom. The van der Waals surface area contributed by atoms with Crippen LogP contribution in [0.4, 0.5) is 0 Å². The zero-order valence-electron chi connectivity index (χ0n) is 7.54. The fraction of sp³-hybridized carbons (Fsp3) is 0.750. The zero-order valence-corrected chi connectivity index (χ0v) is 7.54. The quantitative estimate of drug-likeness (QED) is 0.471. The smallest absolute Gasteiger partial charge is 0.242 e. The molecule has 0 aromatic rings. The third-order valence-electron chi connectivity index (χ3n) is 2.65. The molecule has 2 atom stereocenters. The predicted molar refractivity (Wildman–Crippen MR) is 46.0 cm³/mol. The molecule has 0 saturated carbocycles. The molecule has 2 N–H and O–H groups in total. The number of carbonyl (C=O) groups is 2. The van der Waals surface area contributed by atoms with Gasteiger partial charge in [0.15, 0.2) is 0 Å². The summed E-state index contributed by atoms with van der Waals surface area (Å²) in [6.07, 6.45) is 0. The highest BCUT2D eigenvalue weighted by Crippen LogP contribution is 2.13. The zero-order chi connectivity index (χ0) is 9.42. The normalized spacial score (nSPS) is 34.1. The number of fused-ring (bicyclic) bond motifs is 1. The van der Waals surface area contributed by atoms with Gasteiger partial charge in [-0.25, -0.2) is 0 Å². The van der Waals surface area contributed by atoms with Crippen LogP contribution in [0, 0.1) is 0 Å². The molecule has 2 aliphatic heterocycles. The first-order valence-corrected chi connectivity index (χ1v) is 4.49. The predicted octanol–water partition coefficient (Wildman–Crippen LogP) is -1.69. The fourth-order valence-electron chi connectivity index (χ4n) is 1.93. The maximum absolute atomic E-state index is 11.5. The van der Waals surface area contributed by atoms with E-state index in [1.807, 2.05) is 0 Å². The van der Waals surface area contributed by atoms with Gasteiger partial charge in [0, 0.05) is 13.1 Å². The molecule has 2 heterocycles. The Bertz CT molecular complexity index is 254. The first kappa shape index (κ1) is 8.50. The number of nitrogens with zero attached hydrogens (tertiary/aromatic N) is 1. The van der Waals surface area contributed by atoms with E-state index < -0.39 is 0 Å². The molecule has 5 nitrogen and oxygen atoms in total. The standard InChI is InChI=1S/C8H13N3O2/c1-5-8(13)10-3-6-2-9-4-7(12)11(5)6/h5-6,9H,2-4H2,1H3,(H,10,13). The molecule has 0 aromatic heterocycles. The minimum absolute atomic E-state index is 0.0265. The van der Waals surface area contributed by atoms with E-state index in [0.717, 1.165) is 6.54 Å². The molecule has 2 fully saturated rings. The van der Waals surface area contributed by atoms with Crippen molar-refractivity contribution in [1.82, 2.24) is 15.5 Å². The van der Waals surface area contributed by atoms with E-state index in [1.54, 1.807) is 11.8 Å². The summed E-state index contributed by atoms with van der Waals surface area (Å²) in [6.45, 7) is 3.47. The van der Waals surface area contributed by atoms with Gasteiger partial charge in [-0.15, -0.1) is 0 Å². The number of amides is 2. The number of hydrogen-bond donors (Lipinski definition) is 2. The van der Waals surface area contributed by atoms with E-state index in [0.29, 0.717) is 13.1 Å². The fourth-order valence-corrected chi connectivity index (χ4v) is 1.93. The lowest BCUT2D eigenvalue weighted by molar-refractivity contribution is -0.147. The Balaban J connectivity index is 2.19. The van der Waals surface area contributed by atoms with Crippen molar-refractivity contribution in [2.24, 2.45) is 0 Å². The summed E-state index contributed by atoms with van der Waals surface area (Å²) in [7, 11) is 0. The Morgan fingerprint density at radius 2 is 2.15 bits per heavy atom. The number of carbonyl (C=O) groups excluding carboxylic acids is 2. The molecule has 0 aromatic carbocycles. The van der Waals surface area contributed by atoms with Gasteiger partial charge in [0.2, 0.25) is 11.8 Å². The number of rotatable bonds is 0. The van der Waals surface area contributed by atoms with E-state index in [4.69, 9.17) is 0 Å². The molecule has 2 aliphatic rings. The monoisotopic (exact) mass is 183 g/mol. The van der Waals surface area contributed by atoms with Gasteiger partial charge < -0.3 is 15.5 Å². The van der Waals surface area contributed by atoms with Crippen LogP contribution in [0.5, 0.6) is 0 Å². The van der Waals surface area contributed by atoms with Gasteiger partial charge in [-0.05, 0) is 6.92 Å². The second-order valence-electron chi connectivity index (χ2n) is 3.51. The summed E-state index contributed by atoms with van der Waals surface area (Å²) in [4.78, 5) is 24.4. The van der Waals surface area contributed by atoms with Gasteiger partial charge in [0.05, 0.1) is 12.6 Å².